The van der Waals surface area contributed by atoms with E-state index in [4.69, 9.17) is 9.72 Å². The molecule has 3 rings (SSSR count). The number of aromatic nitrogens is 2. The van der Waals surface area contributed by atoms with Crippen molar-refractivity contribution in [1.29, 1.82) is 0 Å². The van der Waals surface area contributed by atoms with Gasteiger partial charge in [0.1, 0.15) is 0 Å². The van der Waals surface area contributed by atoms with Gasteiger partial charge in [-0.1, -0.05) is 12.1 Å². The van der Waals surface area contributed by atoms with Gasteiger partial charge in [-0.2, -0.15) is 11.8 Å². The molecule has 2 aromatic rings. The van der Waals surface area contributed by atoms with Gasteiger partial charge in [-0.25, -0.2) is 14.8 Å². The molecule has 28 heavy (non-hydrogen) atoms. The second kappa shape index (κ2) is 9.73. The number of fused-ring (bicyclic) bond motifs is 1. The molecule has 0 radical (unpaired) electrons. The molecule has 0 saturated carbocycles. The molecular formula is C20H26N4O3S. The summed E-state index contributed by atoms with van der Waals surface area (Å²) in [6.07, 6.45) is 3.39. The normalized spacial score (nSPS) is 14.8. The molecule has 0 unspecified atom stereocenters. The Morgan fingerprint density at radius 2 is 1.86 bits per heavy atom. The van der Waals surface area contributed by atoms with Crippen LogP contribution < -0.4 is 4.90 Å². The van der Waals surface area contributed by atoms with Crippen LogP contribution in [0.4, 0.5) is 5.82 Å². The lowest BCUT2D eigenvalue weighted by molar-refractivity contribution is -0.130. The number of benzene rings is 1. The molecule has 7 nitrogen and oxygen atoms in total. The van der Waals surface area contributed by atoms with Gasteiger partial charge in [0.05, 0.1) is 17.6 Å². The molecule has 0 bridgehead atoms. The van der Waals surface area contributed by atoms with Crippen LogP contribution in [0.2, 0.25) is 0 Å². The van der Waals surface area contributed by atoms with E-state index in [1.54, 1.807) is 18.7 Å². The largest absolute Gasteiger partial charge is 0.461 e. The monoisotopic (exact) mass is 402 g/mol. The molecule has 0 N–H and O–H groups in total. The number of amides is 1. The summed E-state index contributed by atoms with van der Waals surface area (Å²) in [7, 11) is 0. The first-order chi connectivity index (χ1) is 13.6. The Bertz CT molecular complexity index is 845. The Labute approximate surface area is 169 Å². The summed E-state index contributed by atoms with van der Waals surface area (Å²) in [5, 5.41) is 0. The summed E-state index contributed by atoms with van der Waals surface area (Å²) in [6, 6.07) is 7.50. The number of carbonyl (C=O) groups excluding carboxylic acids is 2. The summed E-state index contributed by atoms with van der Waals surface area (Å²) in [5.74, 6) is 1.09. The lowest BCUT2D eigenvalue weighted by Gasteiger charge is -2.24. The average molecular weight is 403 g/mol. The van der Waals surface area contributed by atoms with Crippen molar-refractivity contribution in [1.82, 2.24) is 14.9 Å². The van der Waals surface area contributed by atoms with Gasteiger partial charge in [0.15, 0.2) is 11.5 Å². The molecule has 2 heterocycles. The van der Waals surface area contributed by atoms with Gasteiger partial charge < -0.3 is 14.5 Å². The standard InChI is InChI=1S/C20H26N4O3S/c1-3-27-20(26)18-19(22-16-8-5-4-7-15(16)21-18)24-11-6-10-23(12-13-24)17(25)9-14-28-2/h4-5,7-8H,3,6,9-14H2,1-2H3. The fourth-order valence-corrected chi connectivity index (χ4v) is 3.65. The van der Waals surface area contributed by atoms with Crippen LogP contribution in [-0.2, 0) is 9.53 Å². The first-order valence-corrected chi connectivity index (χ1v) is 11.0. The third kappa shape index (κ3) is 4.73. The van der Waals surface area contributed by atoms with Crippen LogP contribution in [0.15, 0.2) is 24.3 Å². The second-order valence-electron chi connectivity index (χ2n) is 6.57. The highest BCUT2D eigenvalue weighted by Crippen LogP contribution is 2.23. The van der Waals surface area contributed by atoms with E-state index in [2.05, 4.69) is 4.98 Å². The zero-order valence-corrected chi connectivity index (χ0v) is 17.2. The highest BCUT2D eigenvalue weighted by Gasteiger charge is 2.25. The minimum absolute atomic E-state index is 0.186. The van der Waals surface area contributed by atoms with Gasteiger partial charge in [0.25, 0.3) is 0 Å². The number of anilines is 1. The van der Waals surface area contributed by atoms with Gasteiger partial charge in [0, 0.05) is 38.4 Å². The van der Waals surface area contributed by atoms with E-state index in [0.29, 0.717) is 37.4 Å². The predicted molar refractivity (Wildman–Crippen MR) is 112 cm³/mol. The van der Waals surface area contributed by atoms with Crippen molar-refractivity contribution in [3.63, 3.8) is 0 Å². The first-order valence-electron chi connectivity index (χ1n) is 9.59. The molecule has 8 heteroatoms. The van der Waals surface area contributed by atoms with Crippen molar-refractivity contribution in [2.45, 2.75) is 19.8 Å². The summed E-state index contributed by atoms with van der Waals surface area (Å²) < 4.78 is 5.21. The van der Waals surface area contributed by atoms with E-state index in [9.17, 15) is 9.59 Å². The Kier molecular flexibility index (Phi) is 7.08. The minimum Gasteiger partial charge on any atom is -0.461 e. The van der Waals surface area contributed by atoms with Gasteiger partial charge in [-0.3, -0.25) is 4.79 Å². The fourth-order valence-electron chi connectivity index (χ4n) is 3.27. The van der Waals surface area contributed by atoms with Crippen molar-refractivity contribution in [3.05, 3.63) is 30.0 Å². The molecular weight excluding hydrogens is 376 g/mol. The Hall–Kier alpha value is -2.35. The van der Waals surface area contributed by atoms with Crippen LogP contribution in [0.5, 0.6) is 0 Å². The van der Waals surface area contributed by atoms with Gasteiger partial charge >= 0.3 is 5.97 Å². The van der Waals surface area contributed by atoms with Gasteiger partial charge in [-0.15, -0.1) is 0 Å². The van der Waals surface area contributed by atoms with Crippen molar-refractivity contribution >= 4 is 40.5 Å². The van der Waals surface area contributed by atoms with E-state index < -0.39 is 5.97 Å². The number of rotatable bonds is 6. The number of hydrogen-bond donors (Lipinski definition) is 0. The molecule has 1 saturated heterocycles. The molecule has 150 valence electrons. The maximum absolute atomic E-state index is 12.5. The third-order valence-electron chi connectivity index (χ3n) is 4.69. The van der Waals surface area contributed by atoms with Crippen LogP contribution >= 0.6 is 11.8 Å². The number of hydrogen-bond acceptors (Lipinski definition) is 7. The topological polar surface area (TPSA) is 75.6 Å². The lowest BCUT2D eigenvalue weighted by Crippen LogP contribution is -2.36. The molecule has 1 aromatic heterocycles. The lowest BCUT2D eigenvalue weighted by atomic mass is 10.2. The molecule has 1 amide bonds. The number of esters is 1. The van der Waals surface area contributed by atoms with Crippen molar-refractivity contribution in [3.8, 4) is 0 Å². The molecule has 1 aliphatic heterocycles. The van der Waals surface area contributed by atoms with Crippen LogP contribution in [0.25, 0.3) is 11.0 Å². The number of para-hydroxylation sites is 2. The van der Waals surface area contributed by atoms with E-state index in [0.717, 1.165) is 24.2 Å². The highest BCUT2D eigenvalue weighted by molar-refractivity contribution is 7.98. The van der Waals surface area contributed by atoms with Crippen LogP contribution in [0.3, 0.4) is 0 Å². The summed E-state index contributed by atoms with van der Waals surface area (Å²) in [5.41, 5.74) is 1.64. The Balaban J connectivity index is 1.86. The molecule has 1 fully saturated rings. The highest BCUT2D eigenvalue weighted by atomic mass is 32.2. The zero-order chi connectivity index (χ0) is 19.9. The Morgan fingerprint density at radius 3 is 2.57 bits per heavy atom. The van der Waals surface area contributed by atoms with E-state index in [1.807, 2.05) is 40.3 Å². The van der Waals surface area contributed by atoms with Crippen molar-refractivity contribution < 1.29 is 14.3 Å². The number of nitrogens with zero attached hydrogens (tertiary/aromatic N) is 4. The molecule has 1 aromatic carbocycles. The Morgan fingerprint density at radius 1 is 1.11 bits per heavy atom. The molecule has 0 atom stereocenters. The first kappa shape index (κ1) is 20.4. The molecule has 1 aliphatic rings. The van der Waals surface area contributed by atoms with Gasteiger partial charge in [0.2, 0.25) is 5.91 Å². The van der Waals surface area contributed by atoms with Crippen molar-refractivity contribution in [2.75, 3.05) is 49.7 Å². The fraction of sp³-hybridized carbons (Fsp3) is 0.500. The zero-order valence-electron chi connectivity index (χ0n) is 16.4. The maximum atomic E-state index is 12.5. The van der Waals surface area contributed by atoms with Crippen LogP contribution in [0, 0.1) is 0 Å². The number of ether oxygens (including phenoxy) is 1. The van der Waals surface area contributed by atoms with E-state index >= 15 is 0 Å². The number of thioether (sulfide) groups is 1. The minimum atomic E-state index is -0.465. The van der Waals surface area contributed by atoms with Crippen LogP contribution in [0.1, 0.15) is 30.3 Å². The number of carbonyl (C=O) groups is 2. The molecule has 0 spiro atoms. The van der Waals surface area contributed by atoms with Crippen LogP contribution in [-0.4, -0.2) is 71.5 Å². The molecule has 0 aliphatic carbocycles. The average Bonchev–Trinajstić information content (AvgIpc) is 2.97. The summed E-state index contributed by atoms with van der Waals surface area (Å²) in [6.45, 7) is 4.72. The smallest absolute Gasteiger partial charge is 0.360 e. The maximum Gasteiger partial charge on any atom is 0.360 e. The van der Waals surface area contributed by atoms with E-state index in [1.165, 1.54) is 0 Å². The van der Waals surface area contributed by atoms with Gasteiger partial charge in [-0.05, 0) is 31.7 Å². The quantitative estimate of drug-likeness (QED) is 0.688. The SMILES string of the molecule is CCOC(=O)c1nc2ccccc2nc1N1CCCN(C(=O)CCSC)CC1. The predicted octanol–water partition coefficient (Wildman–Crippen LogP) is 2.60. The third-order valence-corrected chi connectivity index (χ3v) is 5.30. The van der Waals surface area contributed by atoms with E-state index in [-0.39, 0.29) is 18.2 Å². The van der Waals surface area contributed by atoms with Crippen molar-refractivity contribution in [2.24, 2.45) is 0 Å². The summed E-state index contributed by atoms with van der Waals surface area (Å²) >= 11 is 1.68. The summed E-state index contributed by atoms with van der Waals surface area (Å²) in [4.78, 5) is 38.1. The second-order valence-corrected chi connectivity index (χ2v) is 7.55.